The third-order valence-corrected chi connectivity index (χ3v) is 3.42. The van der Waals surface area contributed by atoms with E-state index in [2.05, 4.69) is 29.5 Å². The van der Waals surface area contributed by atoms with Crippen LogP contribution in [0.25, 0.3) is 0 Å². The van der Waals surface area contributed by atoms with Gasteiger partial charge in [-0.25, -0.2) is 0 Å². The zero-order chi connectivity index (χ0) is 12.5. The third kappa shape index (κ3) is 6.54. The summed E-state index contributed by atoms with van der Waals surface area (Å²) in [6.45, 7) is 5.61. The Kier molecular flexibility index (Phi) is 7.06. The molecule has 17 heavy (non-hydrogen) atoms. The van der Waals surface area contributed by atoms with Gasteiger partial charge in [0.05, 0.1) is 0 Å². The van der Waals surface area contributed by atoms with Crippen molar-refractivity contribution < 1.29 is 0 Å². The van der Waals surface area contributed by atoms with Crippen LogP contribution in [-0.2, 0) is 0 Å². The van der Waals surface area contributed by atoms with Gasteiger partial charge in [0.1, 0.15) is 0 Å². The molecule has 100 valence electrons. The smallest absolute Gasteiger partial charge is 0.191 e. The van der Waals surface area contributed by atoms with E-state index in [-0.39, 0.29) is 0 Å². The van der Waals surface area contributed by atoms with Crippen LogP contribution in [0.3, 0.4) is 0 Å². The van der Waals surface area contributed by atoms with Crippen molar-refractivity contribution in [3.8, 4) is 0 Å². The molecule has 0 heterocycles. The Balaban J connectivity index is 2.06. The summed E-state index contributed by atoms with van der Waals surface area (Å²) in [5, 5.41) is 6.91. The van der Waals surface area contributed by atoms with Gasteiger partial charge in [-0.2, -0.15) is 0 Å². The van der Waals surface area contributed by atoms with Crippen LogP contribution in [0.15, 0.2) is 4.99 Å². The first-order valence-corrected chi connectivity index (χ1v) is 7.19. The second-order valence-corrected chi connectivity index (χ2v) is 5.51. The van der Waals surface area contributed by atoms with E-state index >= 15 is 0 Å². The van der Waals surface area contributed by atoms with E-state index in [4.69, 9.17) is 0 Å². The van der Waals surface area contributed by atoms with E-state index in [1.807, 2.05) is 7.05 Å². The first-order valence-electron chi connectivity index (χ1n) is 7.19. The lowest BCUT2D eigenvalue weighted by atomic mass is 10.1. The van der Waals surface area contributed by atoms with Crippen molar-refractivity contribution in [3.05, 3.63) is 0 Å². The van der Waals surface area contributed by atoms with Crippen LogP contribution < -0.4 is 10.6 Å². The number of hydrogen-bond donors (Lipinski definition) is 2. The van der Waals surface area contributed by atoms with Crippen molar-refractivity contribution in [2.24, 2.45) is 10.9 Å². The standard InChI is InChI=1S/C14H29N3/c1-12(2)8-6-7-11-16-14(15-3)17-13-9-4-5-10-13/h12-13H,4-11H2,1-3H3,(H2,15,16,17). The molecule has 0 amide bonds. The van der Waals surface area contributed by atoms with E-state index in [1.54, 1.807) is 0 Å². The molecule has 3 nitrogen and oxygen atoms in total. The quantitative estimate of drug-likeness (QED) is 0.425. The molecule has 0 radical (unpaired) electrons. The molecule has 0 aliphatic heterocycles. The molecule has 0 bridgehead atoms. The van der Waals surface area contributed by atoms with Gasteiger partial charge in [-0.05, 0) is 25.2 Å². The highest BCUT2D eigenvalue weighted by Gasteiger charge is 2.15. The fourth-order valence-corrected chi connectivity index (χ4v) is 2.34. The molecule has 0 aromatic heterocycles. The molecule has 0 aromatic carbocycles. The van der Waals surface area contributed by atoms with Crippen LogP contribution in [-0.4, -0.2) is 25.6 Å². The predicted molar refractivity (Wildman–Crippen MR) is 75.4 cm³/mol. The maximum atomic E-state index is 4.28. The van der Waals surface area contributed by atoms with Gasteiger partial charge in [0.2, 0.25) is 0 Å². The lowest BCUT2D eigenvalue weighted by molar-refractivity contribution is 0.532. The van der Waals surface area contributed by atoms with E-state index in [0.717, 1.165) is 18.4 Å². The topological polar surface area (TPSA) is 36.4 Å². The van der Waals surface area contributed by atoms with Gasteiger partial charge in [-0.1, -0.05) is 39.5 Å². The second kappa shape index (κ2) is 8.37. The molecule has 1 aliphatic carbocycles. The fraction of sp³-hybridized carbons (Fsp3) is 0.929. The second-order valence-electron chi connectivity index (χ2n) is 5.51. The van der Waals surface area contributed by atoms with Crippen LogP contribution in [0.4, 0.5) is 0 Å². The summed E-state index contributed by atoms with van der Waals surface area (Å²) in [6.07, 6.45) is 9.21. The molecule has 0 saturated heterocycles. The van der Waals surface area contributed by atoms with Gasteiger partial charge in [0.25, 0.3) is 0 Å². The molecule has 2 N–H and O–H groups in total. The minimum Gasteiger partial charge on any atom is -0.356 e. The van der Waals surface area contributed by atoms with Crippen LogP contribution in [0.5, 0.6) is 0 Å². The highest BCUT2D eigenvalue weighted by atomic mass is 15.2. The Morgan fingerprint density at radius 1 is 1.24 bits per heavy atom. The summed E-state index contributed by atoms with van der Waals surface area (Å²) in [7, 11) is 1.86. The molecule has 0 unspecified atom stereocenters. The highest BCUT2D eigenvalue weighted by molar-refractivity contribution is 5.79. The molecule has 1 fully saturated rings. The predicted octanol–water partition coefficient (Wildman–Crippen LogP) is 2.92. The number of guanidine groups is 1. The monoisotopic (exact) mass is 239 g/mol. The normalized spacial score (nSPS) is 17.8. The molecule has 0 atom stereocenters. The molecular formula is C14H29N3. The van der Waals surface area contributed by atoms with Crippen LogP contribution >= 0.6 is 0 Å². The Labute approximate surface area is 106 Å². The average Bonchev–Trinajstić information content (AvgIpc) is 2.79. The van der Waals surface area contributed by atoms with E-state index in [9.17, 15) is 0 Å². The lowest BCUT2D eigenvalue weighted by Gasteiger charge is -2.16. The third-order valence-electron chi connectivity index (χ3n) is 3.42. The van der Waals surface area contributed by atoms with E-state index < -0.39 is 0 Å². The first-order chi connectivity index (χ1) is 8.22. The maximum Gasteiger partial charge on any atom is 0.191 e. The molecular weight excluding hydrogens is 210 g/mol. The first kappa shape index (κ1) is 14.3. The summed E-state index contributed by atoms with van der Waals surface area (Å²) in [6, 6.07) is 0.650. The molecule has 1 aliphatic rings. The molecule has 1 rings (SSSR count). The summed E-state index contributed by atoms with van der Waals surface area (Å²) in [5.41, 5.74) is 0. The largest absolute Gasteiger partial charge is 0.356 e. The van der Waals surface area contributed by atoms with Crippen molar-refractivity contribution in [1.82, 2.24) is 10.6 Å². The zero-order valence-electron chi connectivity index (χ0n) is 11.8. The summed E-state index contributed by atoms with van der Waals surface area (Å²) in [4.78, 5) is 4.28. The van der Waals surface area contributed by atoms with Crippen molar-refractivity contribution in [2.45, 2.75) is 64.8 Å². The highest BCUT2D eigenvalue weighted by Crippen LogP contribution is 2.17. The van der Waals surface area contributed by atoms with Crippen molar-refractivity contribution in [1.29, 1.82) is 0 Å². The number of unbranched alkanes of at least 4 members (excludes halogenated alkanes) is 1. The van der Waals surface area contributed by atoms with Gasteiger partial charge in [0, 0.05) is 19.6 Å². The fourth-order valence-electron chi connectivity index (χ4n) is 2.34. The van der Waals surface area contributed by atoms with Gasteiger partial charge < -0.3 is 10.6 Å². The Bertz CT molecular complexity index is 218. The van der Waals surface area contributed by atoms with Crippen molar-refractivity contribution in [3.63, 3.8) is 0 Å². The summed E-state index contributed by atoms with van der Waals surface area (Å²) >= 11 is 0. The molecule has 0 spiro atoms. The van der Waals surface area contributed by atoms with Gasteiger partial charge >= 0.3 is 0 Å². The minimum absolute atomic E-state index is 0.650. The molecule has 1 saturated carbocycles. The van der Waals surface area contributed by atoms with Gasteiger partial charge in [-0.3, -0.25) is 4.99 Å². The number of nitrogens with one attached hydrogen (secondary N) is 2. The van der Waals surface area contributed by atoms with Crippen LogP contribution in [0.1, 0.15) is 58.8 Å². The number of rotatable bonds is 6. The maximum absolute atomic E-state index is 4.28. The lowest BCUT2D eigenvalue weighted by Crippen LogP contribution is -2.42. The number of aliphatic imine (C=N–C) groups is 1. The number of nitrogens with zero attached hydrogens (tertiary/aromatic N) is 1. The Hall–Kier alpha value is -0.730. The minimum atomic E-state index is 0.650. The molecule has 3 heteroatoms. The van der Waals surface area contributed by atoms with E-state index in [1.165, 1.54) is 44.9 Å². The van der Waals surface area contributed by atoms with Crippen LogP contribution in [0.2, 0.25) is 0 Å². The van der Waals surface area contributed by atoms with Crippen molar-refractivity contribution >= 4 is 5.96 Å². The zero-order valence-corrected chi connectivity index (χ0v) is 11.8. The Morgan fingerprint density at radius 3 is 2.53 bits per heavy atom. The van der Waals surface area contributed by atoms with Gasteiger partial charge in [0.15, 0.2) is 5.96 Å². The van der Waals surface area contributed by atoms with E-state index in [0.29, 0.717) is 6.04 Å². The van der Waals surface area contributed by atoms with Gasteiger partial charge in [-0.15, -0.1) is 0 Å². The SMILES string of the molecule is CN=C(NCCCCC(C)C)NC1CCCC1. The number of hydrogen-bond acceptors (Lipinski definition) is 1. The van der Waals surface area contributed by atoms with Crippen molar-refractivity contribution in [2.75, 3.05) is 13.6 Å². The Morgan fingerprint density at radius 2 is 1.94 bits per heavy atom. The summed E-state index contributed by atoms with van der Waals surface area (Å²) < 4.78 is 0. The summed E-state index contributed by atoms with van der Waals surface area (Å²) in [5.74, 6) is 1.81. The average molecular weight is 239 g/mol. The molecule has 0 aromatic rings. The van der Waals surface area contributed by atoms with Crippen LogP contribution in [0, 0.1) is 5.92 Å².